The molecule has 0 radical (unpaired) electrons. The van der Waals surface area contributed by atoms with Crippen molar-refractivity contribution in [2.45, 2.75) is 39.2 Å². The van der Waals surface area contributed by atoms with Crippen molar-refractivity contribution >= 4 is 0 Å². The van der Waals surface area contributed by atoms with Crippen LogP contribution in [0.15, 0.2) is 30.3 Å². The van der Waals surface area contributed by atoms with Gasteiger partial charge in [0.25, 0.3) is 0 Å². The zero-order valence-electron chi connectivity index (χ0n) is 13.0. The lowest BCUT2D eigenvalue weighted by molar-refractivity contribution is 0.114. The average Bonchev–Trinajstić information content (AvgIpc) is 2.85. The number of aliphatic hydroxyl groups excluding tert-OH is 2. The van der Waals surface area contributed by atoms with Crippen molar-refractivity contribution in [3.05, 3.63) is 52.8 Å². The quantitative estimate of drug-likeness (QED) is 0.854. The van der Waals surface area contributed by atoms with Gasteiger partial charge in [-0.15, -0.1) is 0 Å². The smallest absolute Gasteiger partial charge is 0.0596 e. The van der Waals surface area contributed by atoms with Crippen molar-refractivity contribution in [1.82, 2.24) is 9.78 Å². The third-order valence-corrected chi connectivity index (χ3v) is 4.07. The van der Waals surface area contributed by atoms with Gasteiger partial charge in [-0.25, -0.2) is 0 Å². The summed E-state index contributed by atoms with van der Waals surface area (Å²) >= 11 is 0. The second-order valence-corrected chi connectivity index (χ2v) is 5.73. The number of aryl methyl sites for hydroxylation is 3. The molecule has 0 aliphatic heterocycles. The van der Waals surface area contributed by atoms with Crippen LogP contribution >= 0.6 is 0 Å². The molecule has 0 spiro atoms. The maximum atomic E-state index is 9.94. The van der Waals surface area contributed by atoms with E-state index in [1.807, 2.05) is 55.8 Å². The average molecular weight is 288 g/mol. The molecule has 0 unspecified atom stereocenters. The fraction of sp³-hybridized carbons (Fsp3) is 0.471. The summed E-state index contributed by atoms with van der Waals surface area (Å²) in [6, 6.07) is 10.0. The van der Waals surface area contributed by atoms with Crippen molar-refractivity contribution < 1.29 is 10.2 Å². The van der Waals surface area contributed by atoms with Crippen LogP contribution in [-0.2, 0) is 18.4 Å². The number of benzene rings is 1. The van der Waals surface area contributed by atoms with Gasteiger partial charge in [0.2, 0.25) is 0 Å². The van der Waals surface area contributed by atoms with Gasteiger partial charge in [0.15, 0.2) is 0 Å². The van der Waals surface area contributed by atoms with Crippen molar-refractivity contribution in [3.8, 4) is 0 Å². The summed E-state index contributed by atoms with van der Waals surface area (Å²) < 4.78 is 1.93. The van der Waals surface area contributed by atoms with Crippen molar-refractivity contribution in [3.63, 3.8) is 0 Å². The molecule has 2 rings (SSSR count). The Balaban J connectivity index is 2.40. The lowest BCUT2D eigenvalue weighted by atomic mass is 9.77. The first-order chi connectivity index (χ1) is 10.0. The van der Waals surface area contributed by atoms with E-state index < -0.39 is 5.41 Å². The number of hydrogen-bond donors (Lipinski definition) is 2. The molecule has 0 fully saturated rings. The number of aromatic nitrogens is 2. The molecule has 1 aromatic heterocycles. The molecule has 1 aromatic carbocycles. The van der Waals surface area contributed by atoms with Gasteiger partial charge in [0, 0.05) is 24.1 Å². The fourth-order valence-electron chi connectivity index (χ4n) is 2.72. The van der Waals surface area contributed by atoms with Crippen LogP contribution < -0.4 is 0 Å². The topological polar surface area (TPSA) is 58.3 Å². The highest BCUT2D eigenvalue weighted by molar-refractivity contribution is 5.31. The molecule has 2 N–H and O–H groups in total. The van der Waals surface area contributed by atoms with Gasteiger partial charge in [-0.05, 0) is 32.4 Å². The highest BCUT2D eigenvalue weighted by Crippen LogP contribution is 2.28. The van der Waals surface area contributed by atoms with Gasteiger partial charge in [-0.3, -0.25) is 4.68 Å². The Morgan fingerprint density at radius 3 is 2.24 bits per heavy atom. The molecule has 4 nitrogen and oxygen atoms in total. The maximum absolute atomic E-state index is 9.94. The van der Waals surface area contributed by atoms with Crippen LogP contribution in [0.4, 0.5) is 0 Å². The number of hydrogen-bond acceptors (Lipinski definition) is 3. The number of rotatable bonds is 6. The summed E-state index contributed by atoms with van der Waals surface area (Å²) in [5, 5.41) is 24.3. The lowest BCUT2D eigenvalue weighted by Gasteiger charge is -2.30. The Kier molecular flexibility index (Phi) is 4.80. The van der Waals surface area contributed by atoms with Crippen LogP contribution in [0.5, 0.6) is 0 Å². The molecule has 2 aromatic rings. The Morgan fingerprint density at radius 1 is 1.10 bits per heavy atom. The van der Waals surface area contributed by atoms with Gasteiger partial charge in [-0.1, -0.05) is 29.8 Å². The van der Waals surface area contributed by atoms with E-state index in [-0.39, 0.29) is 13.2 Å². The van der Waals surface area contributed by atoms with Crippen LogP contribution in [0, 0.1) is 13.8 Å². The normalized spacial score (nSPS) is 11.9. The first kappa shape index (κ1) is 15.7. The van der Waals surface area contributed by atoms with Gasteiger partial charge in [-0.2, -0.15) is 5.10 Å². The van der Waals surface area contributed by atoms with Crippen molar-refractivity contribution in [2.24, 2.45) is 0 Å². The minimum absolute atomic E-state index is 0.0967. The lowest BCUT2D eigenvalue weighted by Crippen LogP contribution is -2.38. The summed E-state index contributed by atoms with van der Waals surface area (Å²) in [4.78, 5) is 0. The van der Waals surface area contributed by atoms with Gasteiger partial charge < -0.3 is 10.2 Å². The Hall–Kier alpha value is -1.65. The number of nitrogens with zero attached hydrogens (tertiary/aromatic N) is 2. The van der Waals surface area contributed by atoms with Crippen molar-refractivity contribution in [2.75, 3.05) is 13.2 Å². The third kappa shape index (κ3) is 3.17. The second kappa shape index (κ2) is 6.41. The summed E-state index contributed by atoms with van der Waals surface area (Å²) in [6.45, 7) is 6.62. The Morgan fingerprint density at radius 2 is 1.71 bits per heavy atom. The molecule has 0 amide bonds. The molecule has 0 saturated carbocycles. The summed E-state index contributed by atoms with van der Waals surface area (Å²) in [7, 11) is 0. The van der Waals surface area contributed by atoms with Crippen LogP contribution in [0.2, 0.25) is 0 Å². The molecular weight excluding hydrogens is 264 g/mol. The first-order valence-corrected chi connectivity index (χ1v) is 7.37. The SMILES string of the molecule is CCn1nc(C)cc1CC(CO)(CO)c1ccc(C)cc1. The molecule has 4 heteroatoms. The van der Waals surface area contributed by atoms with Crippen LogP contribution in [0.25, 0.3) is 0 Å². The Labute approximate surface area is 126 Å². The van der Waals surface area contributed by atoms with Gasteiger partial charge in [0.1, 0.15) is 0 Å². The largest absolute Gasteiger partial charge is 0.395 e. The summed E-state index contributed by atoms with van der Waals surface area (Å²) in [6.07, 6.45) is 0.567. The van der Waals surface area contributed by atoms with E-state index in [9.17, 15) is 10.2 Å². The van der Waals surface area contributed by atoms with Gasteiger partial charge in [0.05, 0.1) is 18.9 Å². The monoisotopic (exact) mass is 288 g/mol. The van der Waals surface area contributed by atoms with E-state index in [1.54, 1.807) is 0 Å². The number of aliphatic hydroxyl groups is 2. The molecular formula is C17H24N2O2. The molecule has 0 aliphatic carbocycles. The van der Waals surface area contributed by atoms with E-state index >= 15 is 0 Å². The van der Waals surface area contributed by atoms with E-state index in [0.717, 1.165) is 29.1 Å². The third-order valence-electron chi connectivity index (χ3n) is 4.07. The predicted octanol–water partition coefficient (Wildman–Crippen LogP) is 1.98. The second-order valence-electron chi connectivity index (χ2n) is 5.73. The standard InChI is InChI=1S/C17H24N2O2/c1-4-19-16(9-14(3)18-19)10-17(11-20,12-21)15-7-5-13(2)6-8-15/h5-9,20-21H,4,10-12H2,1-3H3. The van der Waals surface area contributed by atoms with Crippen molar-refractivity contribution in [1.29, 1.82) is 0 Å². The zero-order chi connectivity index (χ0) is 15.5. The summed E-state index contributed by atoms with van der Waals surface area (Å²) in [5.41, 5.74) is 3.45. The van der Waals surface area contributed by atoms with E-state index in [2.05, 4.69) is 5.10 Å². The zero-order valence-corrected chi connectivity index (χ0v) is 13.0. The van der Waals surface area contributed by atoms with Gasteiger partial charge >= 0.3 is 0 Å². The van der Waals surface area contributed by atoms with E-state index in [0.29, 0.717) is 6.42 Å². The molecule has 21 heavy (non-hydrogen) atoms. The molecule has 0 bridgehead atoms. The molecule has 114 valence electrons. The minimum Gasteiger partial charge on any atom is -0.395 e. The molecule has 0 atom stereocenters. The molecule has 1 heterocycles. The highest BCUT2D eigenvalue weighted by Gasteiger charge is 2.32. The Bertz CT molecular complexity index is 583. The van der Waals surface area contributed by atoms with Crippen LogP contribution in [-0.4, -0.2) is 33.2 Å². The fourth-order valence-corrected chi connectivity index (χ4v) is 2.72. The highest BCUT2D eigenvalue weighted by atomic mass is 16.3. The first-order valence-electron chi connectivity index (χ1n) is 7.37. The van der Waals surface area contributed by atoms with E-state index in [1.165, 1.54) is 0 Å². The van der Waals surface area contributed by atoms with E-state index in [4.69, 9.17) is 0 Å². The maximum Gasteiger partial charge on any atom is 0.0596 e. The van der Waals surface area contributed by atoms with Crippen LogP contribution in [0.3, 0.4) is 0 Å². The van der Waals surface area contributed by atoms with Crippen LogP contribution in [0.1, 0.15) is 29.4 Å². The molecule has 0 aliphatic rings. The summed E-state index contributed by atoms with van der Waals surface area (Å²) in [5.74, 6) is 0. The minimum atomic E-state index is -0.674. The molecule has 0 saturated heterocycles. The predicted molar refractivity (Wildman–Crippen MR) is 83.4 cm³/mol.